The molecule has 1 amide bonds. The van der Waals surface area contributed by atoms with Crippen molar-refractivity contribution in [2.24, 2.45) is 10.8 Å². The first-order valence-electron chi connectivity index (χ1n) is 5.30. The van der Waals surface area contributed by atoms with E-state index in [2.05, 4.69) is 10.6 Å². The van der Waals surface area contributed by atoms with E-state index in [9.17, 15) is 9.59 Å². The fourth-order valence-corrected chi connectivity index (χ4v) is 1.18. The zero-order chi connectivity index (χ0) is 13.0. The average Bonchev–Trinajstić information content (AvgIpc) is 2.15. The molecule has 3 N–H and O–H groups in total. The maximum atomic E-state index is 11.5. The lowest BCUT2D eigenvalue weighted by molar-refractivity contribution is -0.146. The minimum atomic E-state index is -0.849. The van der Waals surface area contributed by atoms with Crippen molar-refractivity contribution in [2.75, 3.05) is 20.1 Å². The number of amides is 1. The van der Waals surface area contributed by atoms with Gasteiger partial charge in [0.25, 0.3) is 0 Å². The summed E-state index contributed by atoms with van der Waals surface area (Å²) in [5.41, 5.74) is -1.36. The van der Waals surface area contributed by atoms with Crippen LogP contribution in [0.5, 0.6) is 0 Å². The molecule has 16 heavy (non-hydrogen) atoms. The van der Waals surface area contributed by atoms with Crippen molar-refractivity contribution in [3.63, 3.8) is 0 Å². The molecule has 0 saturated heterocycles. The fraction of sp³-hybridized carbons (Fsp3) is 0.818. The van der Waals surface area contributed by atoms with Crippen molar-refractivity contribution in [3.8, 4) is 0 Å². The summed E-state index contributed by atoms with van der Waals surface area (Å²) in [4.78, 5) is 22.3. The Labute approximate surface area is 96.6 Å². The summed E-state index contributed by atoms with van der Waals surface area (Å²) in [7, 11) is 1.59. The van der Waals surface area contributed by atoms with Gasteiger partial charge in [-0.25, -0.2) is 0 Å². The van der Waals surface area contributed by atoms with E-state index in [0.29, 0.717) is 13.1 Å². The molecule has 0 atom stereocenters. The van der Waals surface area contributed by atoms with Crippen LogP contribution >= 0.6 is 0 Å². The molecule has 0 rings (SSSR count). The molecule has 5 nitrogen and oxygen atoms in total. The van der Waals surface area contributed by atoms with Crippen LogP contribution in [0.3, 0.4) is 0 Å². The van der Waals surface area contributed by atoms with Crippen LogP contribution < -0.4 is 10.6 Å². The second kappa shape index (κ2) is 5.30. The van der Waals surface area contributed by atoms with Crippen LogP contribution in [0.4, 0.5) is 0 Å². The molecule has 0 aromatic carbocycles. The number of rotatable bonds is 6. The van der Waals surface area contributed by atoms with Gasteiger partial charge in [-0.15, -0.1) is 0 Å². The lowest BCUT2D eigenvalue weighted by Crippen LogP contribution is -2.45. The SMILES string of the molecule is CNC(=O)C(C)(C)CNCC(C)(C)C(=O)O. The molecule has 0 unspecified atom stereocenters. The van der Waals surface area contributed by atoms with E-state index >= 15 is 0 Å². The third-order valence-electron chi connectivity index (χ3n) is 2.55. The van der Waals surface area contributed by atoms with Crippen molar-refractivity contribution >= 4 is 11.9 Å². The van der Waals surface area contributed by atoms with Gasteiger partial charge < -0.3 is 15.7 Å². The van der Waals surface area contributed by atoms with Crippen molar-refractivity contribution < 1.29 is 14.7 Å². The number of carboxylic acid groups (broad SMARTS) is 1. The molecule has 0 spiro atoms. The molecule has 0 heterocycles. The third-order valence-corrected chi connectivity index (χ3v) is 2.55. The first-order chi connectivity index (χ1) is 7.13. The summed E-state index contributed by atoms with van der Waals surface area (Å²) < 4.78 is 0. The van der Waals surface area contributed by atoms with Gasteiger partial charge in [0.05, 0.1) is 10.8 Å². The highest BCUT2D eigenvalue weighted by atomic mass is 16.4. The molecule has 0 saturated carbocycles. The Morgan fingerprint density at radius 1 is 1.06 bits per heavy atom. The second-order valence-corrected chi connectivity index (χ2v) is 5.26. The molecule has 0 bridgehead atoms. The third kappa shape index (κ3) is 4.18. The predicted molar refractivity (Wildman–Crippen MR) is 62.1 cm³/mol. The molecule has 0 radical (unpaired) electrons. The van der Waals surface area contributed by atoms with Crippen LogP contribution in [0, 0.1) is 10.8 Å². The van der Waals surface area contributed by atoms with Gasteiger partial charge in [-0.3, -0.25) is 9.59 Å². The van der Waals surface area contributed by atoms with Crippen LogP contribution in [-0.4, -0.2) is 37.1 Å². The average molecular weight is 230 g/mol. The monoisotopic (exact) mass is 230 g/mol. The van der Waals surface area contributed by atoms with Gasteiger partial charge in [-0.2, -0.15) is 0 Å². The van der Waals surface area contributed by atoms with Gasteiger partial charge in [0.2, 0.25) is 5.91 Å². The number of hydrogen-bond acceptors (Lipinski definition) is 3. The summed E-state index contributed by atoms with van der Waals surface area (Å²) in [6.07, 6.45) is 0. The molecule has 0 aliphatic rings. The highest BCUT2D eigenvalue weighted by Crippen LogP contribution is 2.16. The molecular weight excluding hydrogens is 208 g/mol. The number of carboxylic acids is 1. The van der Waals surface area contributed by atoms with E-state index in [0.717, 1.165) is 0 Å². The topological polar surface area (TPSA) is 78.4 Å². The summed E-state index contributed by atoms with van der Waals surface area (Å²) in [5, 5.41) is 14.5. The normalized spacial score (nSPS) is 12.3. The Balaban J connectivity index is 4.18. The molecule has 0 aliphatic heterocycles. The van der Waals surface area contributed by atoms with Crippen LogP contribution in [0.25, 0.3) is 0 Å². The molecule has 0 aliphatic carbocycles. The summed E-state index contributed by atoms with van der Waals surface area (Å²) in [5.74, 6) is -0.911. The van der Waals surface area contributed by atoms with Crippen molar-refractivity contribution in [1.29, 1.82) is 0 Å². The molecule has 0 aromatic heterocycles. The molecular formula is C11H22N2O3. The highest BCUT2D eigenvalue weighted by molar-refractivity contribution is 5.81. The number of carbonyl (C=O) groups excluding carboxylic acids is 1. The number of nitrogens with one attached hydrogen (secondary N) is 2. The maximum Gasteiger partial charge on any atom is 0.310 e. The van der Waals surface area contributed by atoms with E-state index in [4.69, 9.17) is 5.11 Å². The minimum absolute atomic E-state index is 0.0619. The summed E-state index contributed by atoms with van der Waals surface area (Å²) >= 11 is 0. The van der Waals surface area contributed by atoms with Gasteiger partial charge in [0, 0.05) is 20.1 Å². The van der Waals surface area contributed by atoms with E-state index in [1.165, 1.54) is 0 Å². The van der Waals surface area contributed by atoms with E-state index in [-0.39, 0.29) is 5.91 Å². The number of hydrogen-bond donors (Lipinski definition) is 3. The molecule has 0 aromatic rings. The first-order valence-corrected chi connectivity index (χ1v) is 5.30. The Morgan fingerprint density at radius 2 is 1.50 bits per heavy atom. The first kappa shape index (κ1) is 14.9. The summed E-state index contributed by atoms with van der Waals surface area (Å²) in [6, 6.07) is 0. The molecule has 0 fully saturated rings. The van der Waals surface area contributed by atoms with Crippen LogP contribution in [0.2, 0.25) is 0 Å². The van der Waals surface area contributed by atoms with Gasteiger partial charge >= 0.3 is 5.97 Å². The second-order valence-electron chi connectivity index (χ2n) is 5.26. The van der Waals surface area contributed by atoms with Gasteiger partial charge in [-0.1, -0.05) is 0 Å². The largest absolute Gasteiger partial charge is 0.481 e. The molecule has 5 heteroatoms. The Bertz CT molecular complexity index is 272. The molecule has 94 valence electrons. The Morgan fingerprint density at radius 3 is 1.88 bits per heavy atom. The summed E-state index contributed by atoms with van der Waals surface area (Å²) in [6.45, 7) is 7.70. The van der Waals surface area contributed by atoms with Crippen molar-refractivity contribution in [2.45, 2.75) is 27.7 Å². The zero-order valence-electron chi connectivity index (χ0n) is 10.7. The quantitative estimate of drug-likeness (QED) is 0.619. The van der Waals surface area contributed by atoms with Crippen molar-refractivity contribution in [3.05, 3.63) is 0 Å². The van der Waals surface area contributed by atoms with Gasteiger partial charge in [0.15, 0.2) is 0 Å². The van der Waals surface area contributed by atoms with Gasteiger partial charge in [-0.05, 0) is 27.7 Å². The van der Waals surface area contributed by atoms with E-state index < -0.39 is 16.8 Å². The maximum absolute atomic E-state index is 11.5. The van der Waals surface area contributed by atoms with E-state index in [1.807, 2.05) is 13.8 Å². The highest BCUT2D eigenvalue weighted by Gasteiger charge is 2.30. The van der Waals surface area contributed by atoms with Crippen LogP contribution in [0.15, 0.2) is 0 Å². The van der Waals surface area contributed by atoms with Crippen molar-refractivity contribution in [1.82, 2.24) is 10.6 Å². The zero-order valence-corrected chi connectivity index (χ0v) is 10.7. The Kier molecular flexibility index (Phi) is 4.93. The standard InChI is InChI=1S/C11H22N2O3/c1-10(2,8(14)12-5)6-13-7-11(3,4)9(15)16/h13H,6-7H2,1-5H3,(H,12,14)(H,15,16). The smallest absolute Gasteiger partial charge is 0.310 e. The number of aliphatic carboxylic acids is 1. The lowest BCUT2D eigenvalue weighted by Gasteiger charge is -2.26. The predicted octanol–water partition coefficient (Wildman–Crippen LogP) is 0.459. The van der Waals surface area contributed by atoms with E-state index in [1.54, 1.807) is 20.9 Å². The minimum Gasteiger partial charge on any atom is -0.481 e. The van der Waals surface area contributed by atoms with Crippen LogP contribution in [-0.2, 0) is 9.59 Å². The Hall–Kier alpha value is -1.10. The van der Waals surface area contributed by atoms with Crippen LogP contribution in [0.1, 0.15) is 27.7 Å². The lowest BCUT2D eigenvalue weighted by atomic mass is 9.90. The number of carbonyl (C=O) groups is 2. The van der Waals surface area contributed by atoms with Gasteiger partial charge in [0.1, 0.15) is 0 Å². The fourth-order valence-electron chi connectivity index (χ4n) is 1.18.